The van der Waals surface area contributed by atoms with Crippen molar-refractivity contribution in [1.29, 1.82) is 0 Å². The van der Waals surface area contributed by atoms with Crippen molar-refractivity contribution in [3.8, 4) is 17.4 Å². The standard InChI is InChI=1S/C25H25BrN2O6S/c1-15-9-10-18(11-16(15)2)34-25-21(26)12-17(13-27-25)28(35(31)32)22-7-3-6-20-19(22)5-4-8-23(20)33-14-24(29)30/h4-5,8-13,22H,3,6-7,14H2,1-2H3,(H,29,30)(H,31,32). The molecule has 2 atom stereocenters. The number of ether oxygens (including phenoxy) is 2. The monoisotopic (exact) mass is 560 g/mol. The number of aliphatic carboxylic acids is 1. The molecule has 10 heteroatoms. The molecule has 0 saturated carbocycles. The number of pyridine rings is 1. The summed E-state index contributed by atoms with van der Waals surface area (Å²) in [5.74, 6) is 0.405. The first-order valence-electron chi connectivity index (χ1n) is 11.0. The van der Waals surface area contributed by atoms with Crippen molar-refractivity contribution >= 4 is 38.9 Å². The van der Waals surface area contributed by atoms with Crippen LogP contribution in [-0.4, -0.2) is 31.4 Å². The highest BCUT2D eigenvalue weighted by atomic mass is 79.9. The van der Waals surface area contributed by atoms with Gasteiger partial charge in [-0.3, -0.25) is 8.86 Å². The summed E-state index contributed by atoms with van der Waals surface area (Å²) in [7, 11) is 0. The zero-order valence-corrected chi connectivity index (χ0v) is 21.6. The van der Waals surface area contributed by atoms with Crippen molar-refractivity contribution in [3.63, 3.8) is 0 Å². The average Bonchev–Trinajstić information content (AvgIpc) is 2.82. The van der Waals surface area contributed by atoms with Gasteiger partial charge in [-0.2, -0.15) is 0 Å². The van der Waals surface area contributed by atoms with E-state index < -0.39 is 29.9 Å². The second-order valence-corrected chi connectivity index (χ2v) is 10.0. The molecule has 1 aliphatic carbocycles. The second-order valence-electron chi connectivity index (χ2n) is 8.30. The molecule has 1 aliphatic rings. The van der Waals surface area contributed by atoms with E-state index in [1.54, 1.807) is 18.2 Å². The molecule has 8 nitrogen and oxygen atoms in total. The molecule has 35 heavy (non-hydrogen) atoms. The molecule has 0 bridgehead atoms. The molecule has 4 rings (SSSR count). The molecular formula is C25H25BrN2O6S. The van der Waals surface area contributed by atoms with Crippen LogP contribution in [0.3, 0.4) is 0 Å². The lowest BCUT2D eigenvalue weighted by Crippen LogP contribution is -2.33. The number of carbonyl (C=O) groups is 1. The van der Waals surface area contributed by atoms with Crippen molar-refractivity contribution in [2.45, 2.75) is 39.2 Å². The van der Waals surface area contributed by atoms with Gasteiger partial charge in [-0.1, -0.05) is 18.2 Å². The van der Waals surface area contributed by atoms with E-state index in [2.05, 4.69) is 20.9 Å². The molecule has 1 aromatic heterocycles. The molecule has 0 aliphatic heterocycles. The van der Waals surface area contributed by atoms with Crippen LogP contribution in [-0.2, 0) is 22.5 Å². The van der Waals surface area contributed by atoms with Gasteiger partial charge in [0.05, 0.1) is 22.4 Å². The summed E-state index contributed by atoms with van der Waals surface area (Å²) in [6.07, 6.45) is 3.59. The predicted molar refractivity (Wildman–Crippen MR) is 136 cm³/mol. The lowest BCUT2D eigenvalue weighted by atomic mass is 9.87. The quantitative estimate of drug-likeness (QED) is 0.338. The van der Waals surface area contributed by atoms with E-state index in [9.17, 15) is 13.6 Å². The molecule has 3 aromatic rings. The SMILES string of the molecule is Cc1ccc(Oc2ncc(N(C3CCCc4c(OCC(=O)O)cccc43)S(=O)O)cc2Br)cc1C. The Morgan fingerprint density at radius 2 is 2.03 bits per heavy atom. The van der Waals surface area contributed by atoms with Gasteiger partial charge in [-0.05, 0) is 95.6 Å². The number of anilines is 1. The number of aryl methyl sites for hydroxylation is 2. The lowest BCUT2D eigenvalue weighted by Gasteiger charge is -2.35. The van der Waals surface area contributed by atoms with E-state index in [-0.39, 0.29) is 0 Å². The van der Waals surface area contributed by atoms with Gasteiger partial charge in [0, 0.05) is 0 Å². The minimum Gasteiger partial charge on any atom is -0.482 e. The van der Waals surface area contributed by atoms with Crippen molar-refractivity contribution in [2.24, 2.45) is 0 Å². The number of fused-ring (bicyclic) bond motifs is 1. The first kappa shape index (κ1) is 25.2. The van der Waals surface area contributed by atoms with E-state index in [0.29, 0.717) is 40.4 Å². The highest BCUT2D eigenvalue weighted by molar-refractivity contribution is 9.10. The minimum atomic E-state index is -2.34. The van der Waals surface area contributed by atoms with Crippen molar-refractivity contribution < 1.29 is 28.1 Å². The molecule has 0 spiro atoms. The van der Waals surface area contributed by atoms with Crippen molar-refractivity contribution in [1.82, 2.24) is 4.98 Å². The zero-order chi connectivity index (χ0) is 25.1. The van der Waals surface area contributed by atoms with Crippen LogP contribution in [0, 0.1) is 13.8 Å². The summed E-state index contributed by atoms with van der Waals surface area (Å²) < 4.78 is 36.1. The predicted octanol–water partition coefficient (Wildman–Crippen LogP) is 5.74. The largest absolute Gasteiger partial charge is 0.482 e. The first-order valence-corrected chi connectivity index (χ1v) is 12.9. The minimum absolute atomic E-state index is 0.342. The number of carboxylic acid groups (broad SMARTS) is 1. The van der Waals surface area contributed by atoms with E-state index in [4.69, 9.17) is 14.6 Å². The average molecular weight is 561 g/mol. The van der Waals surface area contributed by atoms with Crippen LogP contribution in [0.4, 0.5) is 5.69 Å². The number of hydrogen-bond donors (Lipinski definition) is 2. The number of rotatable bonds is 8. The number of nitrogens with zero attached hydrogens (tertiary/aromatic N) is 2. The van der Waals surface area contributed by atoms with Gasteiger partial charge in [-0.15, -0.1) is 0 Å². The van der Waals surface area contributed by atoms with Gasteiger partial charge in [0.15, 0.2) is 6.61 Å². The maximum absolute atomic E-state index is 12.5. The van der Waals surface area contributed by atoms with Crippen LogP contribution in [0.25, 0.3) is 0 Å². The maximum atomic E-state index is 12.5. The van der Waals surface area contributed by atoms with Gasteiger partial charge < -0.3 is 14.6 Å². The second kappa shape index (κ2) is 10.8. The molecular weight excluding hydrogens is 536 g/mol. The molecule has 1 heterocycles. The summed E-state index contributed by atoms with van der Waals surface area (Å²) >= 11 is 1.15. The Bertz CT molecular complexity index is 1280. The summed E-state index contributed by atoms with van der Waals surface area (Å²) in [5, 5.41) is 8.98. The Kier molecular flexibility index (Phi) is 7.73. The fraction of sp³-hybridized carbons (Fsp3) is 0.280. The molecule has 0 fully saturated rings. The molecule has 2 unspecified atom stereocenters. The van der Waals surface area contributed by atoms with Crippen LogP contribution in [0.15, 0.2) is 53.1 Å². The number of benzene rings is 2. The van der Waals surface area contributed by atoms with E-state index >= 15 is 0 Å². The van der Waals surface area contributed by atoms with E-state index in [1.807, 2.05) is 38.1 Å². The Morgan fingerprint density at radius 1 is 1.23 bits per heavy atom. The fourth-order valence-electron chi connectivity index (χ4n) is 4.19. The van der Waals surface area contributed by atoms with Gasteiger partial charge in [0.2, 0.25) is 5.88 Å². The third kappa shape index (κ3) is 5.66. The zero-order valence-electron chi connectivity index (χ0n) is 19.2. The van der Waals surface area contributed by atoms with Crippen LogP contribution in [0.5, 0.6) is 17.4 Å². The molecule has 0 amide bonds. The van der Waals surface area contributed by atoms with Gasteiger partial charge in [-0.25, -0.2) is 14.0 Å². The molecule has 184 valence electrons. The number of hydrogen-bond acceptors (Lipinski definition) is 5. The van der Waals surface area contributed by atoms with Crippen LogP contribution < -0.4 is 13.8 Å². The normalized spacial score (nSPS) is 15.7. The molecule has 2 aromatic carbocycles. The smallest absolute Gasteiger partial charge is 0.341 e. The topological polar surface area (TPSA) is 109 Å². The van der Waals surface area contributed by atoms with Crippen molar-refractivity contribution in [3.05, 3.63) is 75.4 Å². The Morgan fingerprint density at radius 3 is 2.71 bits per heavy atom. The van der Waals surface area contributed by atoms with Crippen LogP contribution >= 0.6 is 15.9 Å². The Balaban J connectivity index is 1.64. The molecule has 0 saturated heterocycles. The van der Waals surface area contributed by atoms with Crippen LogP contribution in [0.2, 0.25) is 0 Å². The first-order chi connectivity index (χ1) is 16.7. The van der Waals surface area contributed by atoms with Gasteiger partial charge in [0.25, 0.3) is 11.3 Å². The Labute approximate surface area is 214 Å². The van der Waals surface area contributed by atoms with Gasteiger partial charge in [0.1, 0.15) is 11.5 Å². The summed E-state index contributed by atoms with van der Waals surface area (Å²) in [6.45, 7) is 3.58. The molecule has 0 radical (unpaired) electrons. The third-order valence-electron chi connectivity index (χ3n) is 5.98. The highest BCUT2D eigenvalue weighted by Crippen LogP contribution is 2.42. The van der Waals surface area contributed by atoms with Crippen LogP contribution in [0.1, 0.15) is 41.1 Å². The van der Waals surface area contributed by atoms with E-state index in [0.717, 1.165) is 28.7 Å². The van der Waals surface area contributed by atoms with Gasteiger partial charge >= 0.3 is 5.97 Å². The summed E-state index contributed by atoms with van der Waals surface area (Å²) in [4.78, 5) is 15.4. The highest BCUT2D eigenvalue weighted by Gasteiger charge is 2.32. The fourth-order valence-corrected chi connectivity index (χ4v) is 5.32. The number of aromatic nitrogens is 1. The maximum Gasteiger partial charge on any atom is 0.341 e. The number of carboxylic acids is 1. The third-order valence-corrected chi connectivity index (χ3v) is 7.35. The summed E-state index contributed by atoms with van der Waals surface area (Å²) in [6, 6.07) is 12.4. The Hall–Kier alpha value is -2.95. The lowest BCUT2D eigenvalue weighted by molar-refractivity contribution is -0.139. The number of halogens is 1. The van der Waals surface area contributed by atoms with Crippen molar-refractivity contribution in [2.75, 3.05) is 10.9 Å². The molecule has 2 N–H and O–H groups in total. The summed E-state index contributed by atoms with van der Waals surface area (Å²) in [5.41, 5.74) is 4.37. The van der Waals surface area contributed by atoms with E-state index in [1.165, 1.54) is 10.5 Å².